The second kappa shape index (κ2) is 7.55. The molecule has 1 aromatic rings. The quantitative estimate of drug-likeness (QED) is 0.911. The van der Waals surface area contributed by atoms with Crippen LogP contribution in [0.4, 0.5) is 13.2 Å². The van der Waals surface area contributed by atoms with E-state index in [9.17, 15) is 22.8 Å². The predicted octanol–water partition coefficient (Wildman–Crippen LogP) is 2.23. The number of piperidine rings is 1. The van der Waals surface area contributed by atoms with Crippen molar-refractivity contribution in [3.8, 4) is 5.75 Å². The van der Waals surface area contributed by atoms with Crippen molar-refractivity contribution >= 4 is 11.8 Å². The summed E-state index contributed by atoms with van der Waals surface area (Å²) in [5.74, 6) is -1.53. The second-order valence-electron chi connectivity index (χ2n) is 5.68. The van der Waals surface area contributed by atoms with Crippen LogP contribution in [0.25, 0.3) is 0 Å². The smallest absolute Gasteiger partial charge is 0.471 e. The van der Waals surface area contributed by atoms with E-state index in [0.717, 1.165) is 0 Å². The molecule has 1 aliphatic rings. The van der Waals surface area contributed by atoms with Gasteiger partial charge in [-0.25, -0.2) is 0 Å². The molecule has 24 heavy (non-hydrogen) atoms. The van der Waals surface area contributed by atoms with Crippen molar-refractivity contribution in [3.63, 3.8) is 0 Å². The molecule has 1 aromatic carbocycles. The van der Waals surface area contributed by atoms with E-state index in [2.05, 4.69) is 0 Å². The lowest BCUT2D eigenvalue weighted by molar-refractivity contribution is -0.173. The van der Waals surface area contributed by atoms with Gasteiger partial charge in [-0.05, 0) is 37.0 Å². The normalized spacial score (nSPS) is 15.9. The van der Waals surface area contributed by atoms with Crippen LogP contribution in [-0.4, -0.2) is 49.6 Å². The van der Waals surface area contributed by atoms with Crippen LogP contribution >= 0.6 is 0 Å². The number of likely N-dealkylation sites (tertiary alicyclic amines) is 1. The molecule has 0 atom stereocenters. The molecule has 0 bridgehead atoms. The van der Waals surface area contributed by atoms with Crippen LogP contribution < -0.4 is 10.1 Å². The topological polar surface area (TPSA) is 58.6 Å². The summed E-state index contributed by atoms with van der Waals surface area (Å²) in [7, 11) is 1.52. The highest BCUT2D eigenvalue weighted by Gasteiger charge is 2.38. The number of ether oxygens (including phenoxy) is 1. The summed E-state index contributed by atoms with van der Waals surface area (Å²) < 4.78 is 41.5. The van der Waals surface area contributed by atoms with Crippen molar-refractivity contribution in [2.75, 3.05) is 26.7 Å². The molecule has 0 unspecified atom stereocenters. The Hall–Kier alpha value is -2.25. The molecule has 0 saturated carbocycles. The number of rotatable bonds is 4. The van der Waals surface area contributed by atoms with Crippen LogP contribution in [0.3, 0.4) is 0 Å². The van der Waals surface area contributed by atoms with Gasteiger partial charge in [-0.15, -0.1) is 0 Å². The fraction of sp³-hybridized carbons (Fsp3) is 0.500. The van der Waals surface area contributed by atoms with Gasteiger partial charge in [0.15, 0.2) is 0 Å². The number of carbonyl (C=O) groups is 2. The van der Waals surface area contributed by atoms with Crippen LogP contribution in [-0.2, 0) is 4.79 Å². The predicted molar refractivity (Wildman–Crippen MR) is 80.7 cm³/mol. The minimum Gasteiger partial charge on any atom is -0.497 e. The number of amides is 2. The summed E-state index contributed by atoms with van der Waals surface area (Å²) in [6.45, 7) is 0.866. The van der Waals surface area contributed by atoms with Crippen LogP contribution in [0.5, 0.6) is 5.75 Å². The maximum Gasteiger partial charge on any atom is 0.471 e. The minimum atomic E-state index is -4.86. The van der Waals surface area contributed by atoms with Crippen molar-refractivity contribution < 1.29 is 27.5 Å². The third kappa shape index (κ3) is 4.62. The van der Waals surface area contributed by atoms with E-state index in [1.165, 1.54) is 7.11 Å². The van der Waals surface area contributed by atoms with Crippen LogP contribution in [0.1, 0.15) is 23.2 Å². The highest BCUT2D eigenvalue weighted by molar-refractivity contribution is 5.94. The average Bonchev–Trinajstić information content (AvgIpc) is 2.58. The maximum atomic E-state index is 12.4. The summed E-state index contributed by atoms with van der Waals surface area (Å²) in [5.41, 5.74) is 0.512. The third-order valence-electron chi connectivity index (χ3n) is 4.03. The zero-order chi connectivity index (χ0) is 17.7. The number of nitrogens with zero attached hydrogens (tertiary/aromatic N) is 1. The lowest BCUT2D eigenvalue weighted by Crippen LogP contribution is -2.44. The van der Waals surface area contributed by atoms with Gasteiger partial charge in [0.2, 0.25) is 0 Å². The third-order valence-corrected chi connectivity index (χ3v) is 4.03. The summed E-state index contributed by atoms with van der Waals surface area (Å²) in [6, 6.07) is 6.82. The van der Waals surface area contributed by atoms with Gasteiger partial charge in [-0.3, -0.25) is 9.59 Å². The fourth-order valence-electron chi connectivity index (χ4n) is 2.62. The van der Waals surface area contributed by atoms with E-state index in [4.69, 9.17) is 4.74 Å². The zero-order valence-electron chi connectivity index (χ0n) is 13.2. The van der Waals surface area contributed by atoms with Gasteiger partial charge in [0.25, 0.3) is 5.91 Å². The van der Waals surface area contributed by atoms with Crippen molar-refractivity contribution in [1.29, 1.82) is 0 Å². The van der Waals surface area contributed by atoms with Gasteiger partial charge < -0.3 is 15.0 Å². The molecule has 1 aliphatic heterocycles. The number of alkyl halides is 3. The molecule has 132 valence electrons. The molecule has 1 heterocycles. The molecule has 8 heteroatoms. The molecular formula is C16H19F3N2O3. The number of benzene rings is 1. The molecule has 0 aliphatic carbocycles. The largest absolute Gasteiger partial charge is 0.497 e. The molecule has 1 saturated heterocycles. The van der Waals surface area contributed by atoms with Crippen molar-refractivity contribution in [3.05, 3.63) is 29.8 Å². The van der Waals surface area contributed by atoms with Crippen molar-refractivity contribution in [2.24, 2.45) is 5.92 Å². The number of hydrogen-bond acceptors (Lipinski definition) is 3. The first-order valence-electron chi connectivity index (χ1n) is 7.59. The number of methoxy groups -OCH3 is 1. The van der Waals surface area contributed by atoms with Gasteiger partial charge in [0.1, 0.15) is 5.75 Å². The fourth-order valence-corrected chi connectivity index (χ4v) is 2.62. The Labute approximate surface area is 137 Å². The Kier molecular flexibility index (Phi) is 5.69. The molecule has 0 radical (unpaired) electrons. The molecular weight excluding hydrogens is 325 g/mol. The SMILES string of the molecule is COc1cccc(C(=O)N2CCC(CNC(=O)C(F)(F)F)CC2)c1. The summed E-state index contributed by atoms with van der Waals surface area (Å²) in [5, 5.41) is 1.90. The van der Waals surface area contributed by atoms with E-state index < -0.39 is 12.1 Å². The van der Waals surface area contributed by atoms with Crippen molar-refractivity contribution in [1.82, 2.24) is 10.2 Å². The maximum absolute atomic E-state index is 12.4. The number of halogens is 3. The van der Waals surface area contributed by atoms with Crippen LogP contribution in [0.15, 0.2) is 24.3 Å². The lowest BCUT2D eigenvalue weighted by Gasteiger charge is -2.32. The molecule has 1 fully saturated rings. The molecule has 1 N–H and O–H groups in total. The molecule has 2 rings (SSSR count). The minimum absolute atomic E-state index is 0.0282. The Balaban J connectivity index is 1.84. The highest BCUT2D eigenvalue weighted by atomic mass is 19.4. The van der Waals surface area contributed by atoms with Gasteiger partial charge in [0, 0.05) is 25.2 Å². The first kappa shape index (κ1) is 18.1. The van der Waals surface area contributed by atoms with Gasteiger partial charge in [0.05, 0.1) is 7.11 Å². The number of carbonyl (C=O) groups excluding carboxylic acids is 2. The monoisotopic (exact) mass is 344 g/mol. The van der Waals surface area contributed by atoms with E-state index in [-0.39, 0.29) is 18.4 Å². The Bertz CT molecular complexity index is 596. The van der Waals surface area contributed by atoms with E-state index >= 15 is 0 Å². The summed E-state index contributed by atoms with van der Waals surface area (Å²) in [6.07, 6.45) is -3.76. The Morgan fingerprint density at radius 3 is 2.54 bits per heavy atom. The summed E-state index contributed by atoms with van der Waals surface area (Å²) in [4.78, 5) is 24.9. The molecule has 0 spiro atoms. The Morgan fingerprint density at radius 1 is 1.29 bits per heavy atom. The standard InChI is InChI=1S/C16H19F3N2O3/c1-24-13-4-2-3-12(9-13)14(22)21-7-5-11(6-8-21)10-20-15(23)16(17,18)19/h2-4,9,11H,5-8,10H2,1H3,(H,20,23). The summed E-state index contributed by atoms with van der Waals surface area (Å²) >= 11 is 0. The molecule has 0 aromatic heterocycles. The highest BCUT2D eigenvalue weighted by Crippen LogP contribution is 2.21. The van der Waals surface area contributed by atoms with E-state index in [1.54, 1.807) is 29.2 Å². The van der Waals surface area contributed by atoms with Crippen molar-refractivity contribution in [2.45, 2.75) is 19.0 Å². The number of nitrogens with one attached hydrogen (secondary N) is 1. The van der Waals surface area contributed by atoms with Gasteiger partial charge in [-0.2, -0.15) is 13.2 Å². The second-order valence-corrected chi connectivity index (χ2v) is 5.68. The van der Waals surface area contributed by atoms with Crippen LogP contribution in [0, 0.1) is 5.92 Å². The first-order chi connectivity index (χ1) is 11.3. The van der Waals surface area contributed by atoms with E-state index in [0.29, 0.717) is 37.2 Å². The van der Waals surface area contributed by atoms with Gasteiger partial charge in [-0.1, -0.05) is 6.07 Å². The molecule has 5 nitrogen and oxygen atoms in total. The zero-order valence-corrected chi connectivity index (χ0v) is 13.2. The average molecular weight is 344 g/mol. The Morgan fingerprint density at radius 2 is 1.96 bits per heavy atom. The molecule has 2 amide bonds. The van der Waals surface area contributed by atoms with Crippen LogP contribution in [0.2, 0.25) is 0 Å². The van der Waals surface area contributed by atoms with Gasteiger partial charge >= 0.3 is 12.1 Å². The lowest BCUT2D eigenvalue weighted by atomic mass is 9.96. The van der Waals surface area contributed by atoms with E-state index in [1.807, 2.05) is 5.32 Å². The first-order valence-corrected chi connectivity index (χ1v) is 7.59. The number of hydrogen-bond donors (Lipinski definition) is 1.